The summed E-state index contributed by atoms with van der Waals surface area (Å²) in [5, 5.41) is 2.41. The topological polar surface area (TPSA) is 22.4 Å². The number of hydrogen-bond donors (Lipinski definition) is 0. The van der Waals surface area contributed by atoms with Crippen molar-refractivity contribution in [2.45, 2.75) is 18.1 Å². The molecule has 3 aliphatic rings. The van der Waals surface area contributed by atoms with Crippen molar-refractivity contribution >= 4 is 48.7 Å². The molecule has 1 saturated heterocycles. The van der Waals surface area contributed by atoms with Crippen molar-refractivity contribution in [3.05, 3.63) is 74.1 Å². The van der Waals surface area contributed by atoms with Crippen LogP contribution in [0.4, 0.5) is 0 Å². The first kappa shape index (κ1) is 13.9. The molecule has 1 fully saturated rings. The van der Waals surface area contributed by atoms with Crippen LogP contribution < -0.4 is 0 Å². The fraction of sp³-hybridized carbons (Fsp3) is 0.200. The highest BCUT2D eigenvalue weighted by Crippen LogP contribution is 2.63. The van der Waals surface area contributed by atoms with Gasteiger partial charge in [-0.1, -0.05) is 50.1 Å². The Kier molecular flexibility index (Phi) is 2.68. The monoisotopic (exact) mass is 442 g/mol. The van der Waals surface area contributed by atoms with Gasteiger partial charge in [0.25, 0.3) is 0 Å². The van der Waals surface area contributed by atoms with Crippen molar-refractivity contribution in [1.82, 2.24) is 0 Å². The zero-order valence-electron chi connectivity index (χ0n) is 12.5. The zero-order chi connectivity index (χ0) is 16.0. The van der Waals surface area contributed by atoms with Crippen molar-refractivity contribution in [3.8, 4) is 0 Å². The molecular formula is C20H12Br2O2. The summed E-state index contributed by atoms with van der Waals surface area (Å²) in [4.78, 5) is 0. The summed E-state index contributed by atoms with van der Waals surface area (Å²) in [6.07, 6.45) is 4.67. The molecule has 2 bridgehead atoms. The molecule has 0 N–H and O–H groups in total. The fourth-order valence-electron chi connectivity index (χ4n) is 4.54. The molecule has 0 saturated carbocycles. The highest BCUT2D eigenvalue weighted by molar-refractivity contribution is 9.10. The highest BCUT2D eigenvalue weighted by Gasteiger charge is 2.54. The van der Waals surface area contributed by atoms with E-state index in [1.54, 1.807) is 0 Å². The van der Waals surface area contributed by atoms with Gasteiger partial charge in [-0.25, -0.2) is 0 Å². The summed E-state index contributed by atoms with van der Waals surface area (Å²) < 4.78 is 14.9. The Hall–Kier alpha value is -1.36. The molecule has 0 unspecified atom stereocenters. The average Bonchev–Trinajstić information content (AvgIpc) is 3.22. The lowest BCUT2D eigenvalue weighted by Crippen LogP contribution is -2.15. The number of benzene rings is 2. The Morgan fingerprint density at radius 2 is 1.67 bits per heavy atom. The van der Waals surface area contributed by atoms with Gasteiger partial charge >= 0.3 is 0 Å². The van der Waals surface area contributed by atoms with E-state index in [0.29, 0.717) is 11.8 Å². The molecule has 6 rings (SSSR count). The van der Waals surface area contributed by atoms with E-state index < -0.39 is 0 Å². The van der Waals surface area contributed by atoms with Gasteiger partial charge in [-0.05, 0) is 41.5 Å². The smallest absolute Gasteiger partial charge is 0.141 e. The Bertz CT molecular complexity index is 1050. The standard InChI is InChI=1S/C20H12Br2O2/c21-10-3-1-9-2-5-13-16-18-12-6-4-11(22)8-15(12)19(24-18)20(16)23-17(13)14(9)7-10/h1-8,13,16-17,20H/t13-,16-,17+,20-/m1/s1. The molecule has 118 valence electrons. The second kappa shape index (κ2) is 4.63. The minimum Gasteiger partial charge on any atom is -0.462 e. The first-order valence-electron chi connectivity index (χ1n) is 8.06. The van der Waals surface area contributed by atoms with Crippen LogP contribution in [0, 0.1) is 5.92 Å². The minimum absolute atomic E-state index is 0.0337. The summed E-state index contributed by atoms with van der Waals surface area (Å²) in [5.41, 5.74) is 2.53. The van der Waals surface area contributed by atoms with Crippen LogP contribution in [0.15, 0.2) is 55.8 Å². The molecule has 1 aliphatic carbocycles. The summed E-state index contributed by atoms with van der Waals surface area (Å²) in [5.74, 6) is 2.71. The van der Waals surface area contributed by atoms with Crippen LogP contribution >= 0.6 is 31.9 Å². The number of ether oxygens (including phenoxy) is 1. The van der Waals surface area contributed by atoms with Gasteiger partial charge in [-0.15, -0.1) is 0 Å². The lowest BCUT2D eigenvalue weighted by molar-refractivity contribution is 0.0304. The Morgan fingerprint density at radius 3 is 2.58 bits per heavy atom. The molecule has 4 atom stereocenters. The molecule has 24 heavy (non-hydrogen) atoms. The second-order valence-corrected chi connectivity index (χ2v) is 8.56. The molecule has 1 aromatic heterocycles. The first-order valence-corrected chi connectivity index (χ1v) is 9.64. The largest absolute Gasteiger partial charge is 0.462 e. The van der Waals surface area contributed by atoms with Gasteiger partial charge in [-0.2, -0.15) is 0 Å². The number of furan rings is 1. The van der Waals surface area contributed by atoms with E-state index in [1.807, 2.05) is 0 Å². The summed E-state index contributed by atoms with van der Waals surface area (Å²) in [7, 11) is 0. The predicted octanol–water partition coefficient (Wildman–Crippen LogP) is 6.51. The molecule has 2 aromatic carbocycles. The van der Waals surface area contributed by atoms with Crippen molar-refractivity contribution < 1.29 is 9.15 Å². The van der Waals surface area contributed by atoms with Crippen LogP contribution in [0.5, 0.6) is 0 Å². The number of halogens is 2. The molecule has 3 aromatic rings. The van der Waals surface area contributed by atoms with Crippen molar-refractivity contribution in [2.75, 3.05) is 0 Å². The van der Waals surface area contributed by atoms with E-state index in [0.717, 1.165) is 20.5 Å². The number of rotatable bonds is 0. The van der Waals surface area contributed by atoms with Gasteiger partial charge in [0.2, 0.25) is 0 Å². The summed E-state index contributed by atoms with van der Waals surface area (Å²) in [6, 6.07) is 12.8. The molecular weight excluding hydrogens is 432 g/mol. The Morgan fingerprint density at radius 1 is 0.833 bits per heavy atom. The summed E-state index contributed by atoms with van der Waals surface area (Å²) >= 11 is 7.16. The lowest BCUT2D eigenvalue weighted by Gasteiger charge is -2.24. The Balaban J connectivity index is 1.53. The molecule has 3 heterocycles. The predicted molar refractivity (Wildman–Crippen MR) is 99.9 cm³/mol. The molecule has 2 nitrogen and oxygen atoms in total. The molecule has 0 amide bonds. The van der Waals surface area contributed by atoms with Crippen LogP contribution in [-0.4, -0.2) is 0 Å². The van der Waals surface area contributed by atoms with Crippen LogP contribution in [0.1, 0.15) is 40.8 Å². The Labute approximate surface area is 155 Å². The van der Waals surface area contributed by atoms with E-state index in [1.165, 1.54) is 21.9 Å². The van der Waals surface area contributed by atoms with Crippen molar-refractivity contribution in [3.63, 3.8) is 0 Å². The normalized spacial score (nSPS) is 28.9. The average molecular weight is 444 g/mol. The van der Waals surface area contributed by atoms with Gasteiger partial charge in [0.1, 0.15) is 17.6 Å². The van der Waals surface area contributed by atoms with Crippen molar-refractivity contribution in [1.29, 1.82) is 0 Å². The van der Waals surface area contributed by atoms with Gasteiger partial charge < -0.3 is 9.15 Å². The SMILES string of the molecule is Brc1ccc2c(c1)[C@H]1O[C@H]3c4oc(c5ccc(Br)cc45)[C@H]3[C@H]1C=C2. The van der Waals surface area contributed by atoms with Crippen LogP contribution in [0.3, 0.4) is 0 Å². The first-order chi connectivity index (χ1) is 11.7. The minimum atomic E-state index is 0.0337. The maximum absolute atomic E-state index is 6.53. The third-order valence-electron chi connectivity index (χ3n) is 5.53. The maximum atomic E-state index is 6.53. The zero-order valence-corrected chi connectivity index (χ0v) is 15.7. The molecule has 2 aliphatic heterocycles. The van der Waals surface area contributed by atoms with E-state index in [9.17, 15) is 0 Å². The van der Waals surface area contributed by atoms with E-state index in [2.05, 4.69) is 80.4 Å². The van der Waals surface area contributed by atoms with Crippen molar-refractivity contribution in [2.24, 2.45) is 5.92 Å². The van der Waals surface area contributed by atoms with Crippen LogP contribution in [0.25, 0.3) is 16.8 Å². The van der Waals surface area contributed by atoms with Gasteiger partial charge in [0.15, 0.2) is 0 Å². The second-order valence-electron chi connectivity index (χ2n) is 6.73. The maximum Gasteiger partial charge on any atom is 0.141 e. The van der Waals surface area contributed by atoms with Gasteiger partial charge in [-0.3, -0.25) is 0 Å². The van der Waals surface area contributed by atoms with E-state index in [-0.39, 0.29) is 12.2 Å². The van der Waals surface area contributed by atoms with E-state index >= 15 is 0 Å². The molecule has 0 spiro atoms. The number of fused-ring (bicyclic) bond motifs is 12. The van der Waals surface area contributed by atoms with Gasteiger partial charge in [0.05, 0.1) is 12.0 Å². The summed E-state index contributed by atoms with van der Waals surface area (Å²) in [6.45, 7) is 0. The molecule has 4 heteroatoms. The number of hydrogen-bond acceptors (Lipinski definition) is 2. The van der Waals surface area contributed by atoms with Crippen LogP contribution in [-0.2, 0) is 4.74 Å². The molecule has 0 radical (unpaired) electrons. The quantitative estimate of drug-likeness (QED) is 0.395. The third kappa shape index (κ3) is 1.64. The lowest BCUT2D eigenvalue weighted by atomic mass is 9.77. The van der Waals surface area contributed by atoms with Gasteiger partial charge in [0, 0.05) is 25.6 Å². The van der Waals surface area contributed by atoms with Crippen LogP contribution in [0.2, 0.25) is 0 Å². The third-order valence-corrected chi connectivity index (χ3v) is 6.52. The highest BCUT2D eigenvalue weighted by atomic mass is 79.9. The van der Waals surface area contributed by atoms with E-state index in [4.69, 9.17) is 9.15 Å². The fourth-order valence-corrected chi connectivity index (χ4v) is 5.28.